The van der Waals surface area contributed by atoms with E-state index in [1.54, 1.807) is 23.2 Å². The third-order valence-corrected chi connectivity index (χ3v) is 12.6. The van der Waals surface area contributed by atoms with Gasteiger partial charge >= 0.3 is 0 Å². The number of rotatable bonds is 10. The van der Waals surface area contributed by atoms with Gasteiger partial charge in [-0.05, 0) is 38.1 Å². The van der Waals surface area contributed by atoms with E-state index >= 15 is 0 Å². The molecule has 1 atom stereocenters. The van der Waals surface area contributed by atoms with Crippen molar-refractivity contribution < 1.29 is 30.0 Å². The first-order valence-electron chi connectivity index (χ1n) is 10.1. The van der Waals surface area contributed by atoms with Crippen LogP contribution in [0.1, 0.15) is 30.5 Å². The van der Waals surface area contributed by atoms with E-state index in [0.717, 1.165) is 5.56 Å². The Morgan fingerprint density at radius 1 is 1.15 bits per heavy atom. The molecule has 10 nitrogen and oxygen atoms in total. The maximum Gasteiger partial charge on any atom is 0.263 e. The van der Waals surface area contributed by atoms with Crippen molar-refractivity contribution >= 4 is 41.4 Å². The molecule has 0 radical (unpaired) electrons. The van der Waals surface area contributed by atoms with E-state index in [-0.39, 0.29) is 26.4 Å². The Morgan fingerprint density at radius 3 is 2.42 bits per heavy atom. The summed E-state index contributed by atoms with van der Waals surface area (Å²) in [7, 11) is -11.3. The van der Waals surface area contributed by atoms with Crippen LogP contribution in [-0.4, -0.2) is 62.9 Å². The van der Waals surface area contributed by atoms with Gasteiger partial charge in [0.1, 0.15) is 8.42 Å². The summed E-state index contributed by atoms with van der Waals surface area (Å²) < 4.78 is 85.0. The summed E-state index contributed by atoms with van der Waals surface area (Å²) in [6, 6.07) is 6.52. The van der Waals surface area contributed by atoms with Crippen molar-refractivity contribution in [2.45, 2.75) is 39.6 Å². The summed E-state index contributed by atoms with van der Waals surface area (Å²) in [5, 5.41) is 3.18. The highest BCUT2D eigenvalue weighted by Crippen LogP contribution is 2.40. The average Bonchev–Trinajstić information content (AvgIpc) is 3.19. The molecule has 0 amide bonds. The number of aryl methyl sites for hydroxylation is 1. The van der Waals surface area contributed by atoms with Gasteiger partial charge in [0.05, 0.1) is 4.90 Å². The van der Waals surface area contributed by atoms with Crippen LogP contribution in [-0.2, 0) is 34.8 Å². The number of hydrogen-bond donors (Lipinski definition) is 2. The van der Waals surface area contributed by atoms with Gasteiger partial charge in [0.2, 0.25) is 0 Å². The van der Waals surface area contributed by atoms with Crippen LogP contribution in [0.4, 0.5) is 0 Å². The molecule has 0 spiro atoms. The van der Waals surface area contributed by atoms with Crippen molar-refractivity contribution in [3.05, 3.63) is 41.5 Å². The van der Waals surface area contributed by atoms with E-state index in [4.69, 9.17) is 4.74 Å². The molecule has 2 heterocycles. The lowest BCUT2D eigenvalue weighted by atomic mass is 10.1. The lowest BCUT2D eigenvalue weighted by Gasteiger charge is -2.32. The maximum absolute atomic E-state index is 13.2. The fourth-order valence-electron chi connectivity index (χ4n) is 3.43. The molecule has 0 saturated heterocycles. The molecular weight excluding hydrogens is 510 g/mol. The number of ether oxygens (including phenoxy) is 1. The molecule has 3 rings (SSSR count). The maximum atomic E-state index is 13.2. The van der Waals surface area contributed by atoms with Crippen molar-refractivity contribution in [3.63, 3.8) is 0 Å². The third-order valence-electron chi connectivity index (χ3n) is 5.06. The van der Waals surface area contributed by atoms with Crippen LogP contribution in [0, 0.1) is 6.92 Å². The van der Waals surface area contributed by atoms with Gasteiger partial charge in [0.15, 0.2) is 0 Å². The Labute approximate surface area is 199 Å². The Kier molecular flexibility index (Phi) is 8.01. The van der Waals surface area contributed by atoms with Crippen molar-refractivity contribution in [3.8, 4) is 0 Å². The first kappa shape index (κ1) is 26.2. The van der Waals surface area contributed by atoms with Crippen molar-refractivity contribution in [2.24, 2.45) is 0 Å². The zero-order valence-corrected chi connectivity index (χ0v) is 21.7. The van der Waals surface area contributed by atoms with Crippen LogP contribution in [0.2, 0.25) is 0 Å². The fraction of sp³-hybridized carbons (Fsp3) is 0.474. The van der Waals surface area contributed by atoms with Gasteiger partial charge in [-0.25, -0.2) is 25.3 Å². The number of methoxy groups -OCH3 is 1. The lowest BCUT2D eigenvalue weighted by molar-refractivity contribution is 0.185. The topological polar surface area (TPSA) is 139 Å². The van der Waals surface area contributed by atoms with Gasteiger partial charge < -0.3 is 10.1 Å². The minimum absolute atomic E-state index is 0.106. The monoisotopic (exact) mass is 537 g/mol. The normalized spacial score (nSPS) is 18.8. The summed E-state index contributed by atoms with van der Waals surface area (Å²) in [6.07, 6.45) is 0.483. The quantitative estimate of drug-likeness (QED) is 0.434. The van der Waals surface area contributed by atoms with Gasteiger partial charge in [0.25, 0.3) is 30.1 Å². The highest BCUT2D eigenvalue weighted by Gasteiger charge is 2.40. The van der Waals surface area contributed by atoms with Crippen molar-refractivity contribution in [2.75, 3.05) is 33.4 Å². The van der Waals surface area contributed by atoms with Gasteiger partial charge in [-0.1, -0.05) is 28.7 Å². The van der Waals surface area contributed by atoms with Gasteiger partial charge in [0, 0.05) is 38.4 Å². The highest BCUT2D eigenvalue weighted by atomic mass is 32.3. The summed E-state index contributed by atoms with van der Waals surface area (Å²) in [6.45, 7) is 4.91. The first-order chi connectivity index (χ1) is 15.4. The molecular formula is C19H27N3O7S4. The molecule has 2 N–H and O–H groups in total. The molecule has 1 aliphatic heterocycles. The van der Waals surface area contributed by atoms with E-state index in [9.17, 15) is 25.3 Å². The largest absolute Gasteiger partial charge is 0.385 e. The number of nitrogens with one attached hydrogen (secondary N) is 2. The number of thiophene rings is 1. The number of fused-ring (bicyclic) bond motifs is 1. The Hall–Kier alpha value is -1.39. The van der Waals surface area contributed by atoms with Crippen LogP contribution < -0.4 is 9.44 Å². The standard InChI is InChI=1S/C19H27N3O7S4/c1-4-20-17-13-22(10-5-11-29-3)33(27,28)19-16(17)12-18(30-19)32(25,26)21-31(23,24)15-8-6-14(2)7-9-15/h6-9,12,17,20-21H,4-5,10-11,13H2,1-3H3/t17-/m0/s1. The second-order valence-electron chi connectivity index (χ2n) is 7.53. The second kappa shape index (κ2) is 10.1. The second-order valence-corrected chi connectivity index (χ2v) is 14.6. The molecule has 33 heavy (non-hydrogen) atoms. The summed E-state index contributed by atoms with van der Waals surface area (Å²) in [5.41, 5.74) is 1.13. The smallest absolute Gasteiger partial charge is 0.263 e. The highest BCUT2D eigenvalue weighted by molar-refractivity contribution is 8.05. The van der Waals surface area contributed by atoms with Crippen LogP contribution in [0.5, 0.6) is 0 Å². The molecule has 1 aromatic carbocycles. The van der Waals surface area contributed by atoms with E-state index in [1.165, 1.54) is 29.6 Å². The van der Waals surface area contributed by atoms with Crippen LogP contribution in [0.15, 0.2) is 43.6 Å². The predicted molar refractivity (Wildman–Crippen MR) is 125 cm³/mol. The zero-order chi connectivity index (χ0) is 24.4. The first-order valence-corrected chi connectivity index (χ1v) is 15.4. The summed E-state index contributed by atoms with van der Waals surface area (Å²) in [5.74, 6) is 0. The number of hydrogen-bond acceptors (Lipinski definition) is 9. The molecule has 0 saturated carbocycles. The summed E-state index contributed by atoms with van der Waals surface area (Å²) >= 11 is 0.544. The molecule has 2 aromatic rings. The average molecular weight is 538 g/mol. The predicted octanol–water partition coefficient (Wildman–Crippen LogP) is 1.42. The minimum atomic E-state index is -4.55. The Bertz CT molecular complexity index is 1300. The number of likely N-dealkylation sites (N-methyl/N-ethyl adjacent to an activating group) is 1. The Balaban J connectivity index is 1.98. The zero-order valence-electron chi connectivity index (χ0n) is 18.4. The van der Waals surface area contributed by atoms with Crippen molar-refractivity contribution in [1.29, 1.82) is 0 Å². The van der Waals surface area contributed by atoms with Crippen LogP contribution in [0.25, 0.3) is 0 Å². The fourth-order valence-corrected chi connectivity index (χ4v) is 10.4. The minimum Gasteiger partial charge on any atom is -0.385 e. The van der Waals surface area contributed by atoms with Crippen LogP contribution >= 0.6 is 11.3 Å². The molecule has 0 bridgehead atoms. The van der Waals surface area contributed by atoms with E-state index < -0.39 is 36.1 Å². The molecule has 0 aliphatic carbocycles. The molecule has 184 valence electrons. The summed E-state index contributed by atoms with van der Waals surface area (Å²) in [4.78, 5) is -0.208. The SMILES string of the molecule is CCN[C@H]1CN(CCCOC)S(=O)(=O)c2sc(S(=O)(=O)NS(=O)(=O)c3ccc(C)cc3)cc21. The lowest BCUT2D eigenvalue weighted by Crippen LogP contribution is -2.43. The van der Waals surface area contributed by atoms with Gasteiger partial charge in [-0.2, -0.15) is 4.31 Å². The Morgan fingerprint density at radius 2 is 1.82 bits per heavy atom. The van der Waals surface area contributed by atoms with Crippen molar-refractivity contribution in [1.82, 2.24) is 13.7 Å². The molecule has 0 unspecified atom stereocenters. The molecule has 0 fully saturated rings. The van der Waals surface area contributed by atoms with E-state index in [1.807, 2.05) is 6.92 Å². The van der Waals surface area contributed by atoms with Gasteiger partial charge in [-0.15, -0.1) is 11.3 Å². The number of sulfonamides is 3. The number of benzene rings is 1. The number of nitrogens with zero attached hydrogens (tertiary/aromatic N) is 1. The molecule has 1 aliphatic rings. The van der Waals surface area contributed by atoms with Gasteiger partial charge in [-0.3, -0.25) is 0 Å². The molecule has 14 heteroatoms. The molecule has 1 aromatic heterocycles. The van der Waals surface area contributed by atoms with E-state index in [2.05, 4.69) is 5.32 Å². The van der Waals surface area contributed by atoms with Crippen LogP contribution in [0.3, 0.4) is 0 Å². The third kappa shape index (κ3) is 5.65. The van der Waals surface area contributed by atoms with E-state index in [0.29, 0.717) is 36.5 Å².